The van der Waals surface area contributed by atoms with Crippen LogP contribution in [0.15, 0.2) is 48.5 Å². The van der Waals surface area contributed by atoms with Gasteiger partial charge in [0.2, 0.25) is 0 Å². The van der Waals surface area contributed by atoms with Crippen molar-refractivity contribution in [3.63, 3.8) is 0 Å². The molecule has 2 aromatic carbocycles. The molecule has 0 aliphatic rings. The molecule has 32 heavy (non-hydrogen) atoms. The summed E-state index contributed by atoms with van der Waals surface area (Å²) in [6.07, 6.45) is 0.956. The summed E-state index contributed by atoms with van der Waals surface area (Å²) in [5.41, 5.74) is 4.70. The van der Waals surface area contributed by atoms with Gasteiger partial charge < -0.3 is 19.1 Å². The van der Waals surface area contributed by atoms with E-state index in [0.29, 0.717) is 19.8 Å². The summed E-state index contributed by atoms with van der Waals surface area (Å²) in [5.74, 6) is 2.64. The summed E-state index contributed by atoms with van der Waals surface area (Å²) in [4.78, 5) is 2.33. The van der Waals surface area contributed by atoms with E-state index in [1.807, 2.05) is 49.4 Å². The largest absolute Gasteiger partial charge is 0.496 e. The SMILES string of the molecule is CCOc1ccc(OCCCN(C)Cc2c(C)nn(Cc3ccccc3OC)c2C)cc1. The van der Waals surface area contributed by atoms with Crippen molar-refractivity contribution < 1.29 is 14.2 Å². The zero-order valence-electron chi connectivity index (χ0n) is 19.9. The van der Waals surface area contributed by atoms with Crippen LogP contribution in [0, 0.1) is 13.8 Å². The Hall–Kier alpha value is -2.99. The van der Waals surface area contributed by atoms with Crippen LogP contribution in [0.3, 0.4) is 0 Å². The fraction of sp³-hybridized carbons (Fsp3) is 0.423. The summed E-state index contributed by atoms with van der Waals surface area (Å²) in [7, 11) is 3.85. The lowest BCUT2D eigenvalue weighted by Gasteiger charge is -2.17. The van der Waals surface area contributed by atoms with Gasteiger partial charge in [0.1, 0.15) is 17.2 Å². The summed E-state index contributed by atoms with van der Waals surface area (Å²) >= 11 is 0. The number of aryl methyl sites for hydroxylation is 1. The number of hydrogen-bond acceptors (Lipinski definition) is 5. The Bertz CT molecular complexity index is 982. The third-order valence-corrected chi connectivity index (χ3v) is 5.56. The van der Waals surface area contributed by atoms with Gasteiger partial charge in [-0.2, -0.15) is 5.10 Å². The molecule has 0 aliphatic heterocycles. The zero-order valence-corrected chi connectivity index (χ0v) is 19.9. The zero-order chi connectivity index (χ0) is 22.9. The van der Waals surface area contributed by atoms with Gasteiger partial charge in [-0.25, -0.2) is 0 Å². The molecule has 3 rings (SSSR count). The number of para-hydroxylation sites is 1. The van der Waals surface area contributed by atoms with Gasteiger partial charge in [0.15, 0.2) is 0 Å². The van der Waals surface area contributed by atoms with E-state index in [1.54, 1.807) is 7.11 Å². The molecule has 3 aromatic rings. The first-order valence-corrected chi connectivity index (χ1v) is 11.2. The topological polar surface area (TPSA) is 48.8 Å². The lowest BCUT2D eigenvalue weighted by atomic mass is 10.1. The third-order valence-electron chi connectivity index (χ3n) is 5.56. The van der Waals surface area contributed by atoms with Crippen molar-refractivity contribution in [2.75, 3.05) is 33.9 Å². The van der Waals surface area contributed by atoms with E-state index in [4.69, 9.17) is 19.3 Å². The Labute approximate surface area is 191 Å². The minimum Gasteiger partial charge on any atom is -0.496 e. The molecule has 172 valence electrons. The quantitative estimate of drug-likeness (QED) is 0.379. The van der Waals surface area contributed by atoms with Gasteiger partial charge in [-0.3, -0.25) is 4.68 Å². The highest BCUT2D eigenvalue weighted by Gasteiger charge is 2.15. The van der Waals surface area contributed by atoms with Gasteiger partial charge in [0.25, 0.3) is 0 Å². The second-order valence-electron chi connectivity index (χ2n) is 7.96. The van der Waals surface area contributed by atoms with E-state index in [1.165, 1.54) is 11.3 Å². The molecule has 0 spiro atoms. The Kier molecular flexibility index (Phi) is 8.56. The molecule has 0 unspecified atom stereocenters. The first kappa shape index (κ1) is 23.7. The van der Waals surface area contributed by atoms with Gasteiger partial charge in [0, 0.05) is 29.9 Å². The van der Waals surface area contributed by atoms with Crippen LogP contribution in [0.25, 0.3) is 0 Å². The van der Waals surface area contributed by atoms with Crippen LogP contribution in [0.5, 0.6) is 17.2 Å². The second-order valence-corrected chi connectivity index (χ2v) is 7.96. The third kappa shape index (κ3) is 6.26. The molecule has 6 nitrogen and oxygen atoms in total. The molecule has 0 saturated heterocycles. The van der Waals surface area contributed by atoms with Gasteiger partial charge in [-0.15, -0.1) is 0 Å². The Morgan fingerprint density at radius 2 is 1.66 bits per heavy atom. The van der Waals surface area contributed by atoms with Gasteiger partial charge >= 0.3 is 0 Å². The lowest BCUT2D eigenvalue weighted by Crippen LogP contribution is -2.21. The maximum atomic E-state index is 5.87. The number of benzene rings is 2. The lowest BCUT2D eigenvalue weighted by molar-refractivity contribution is 0.258. The summed E-state index contributed by atoms with van der Waals surface area (Å²) < 4.78 is 18.9. The smallest absolute Gasteiger partial charge is 0.123 e. The molecule has 0 saturated carbocycles. The van der Waals surface area contributed by atoms with Crippen LogP contribution < -0.4 is 14.2 Å². The van der Waals surface area contributed by atoms with E-state index in [9.17, 15) is 0 Å². The predicted octanol–water partition coefficient (Wildman–Crippen LogP) is 4.86. The van der Waals surface area contributed by atoms with E-state index in [-0.39, 0.29) is 0 Å². The molecule has 0 fully saturated rings. The van der Waals surface area contributed by atoms with Gasteiger partial charge in [-0.1, -0.05) is 18.2 Å². The fourth-order valence-corrected chi connectivity index (χ4v) is 3.78. The van der Waals surface area contributed by atoms with Crippen molar-refractivity contribution in [3.05, 3.63) is 71.0 Å². The van der Waals surface area contributed by atoms with E-state index < -0.39 is 0 Å². The van der Waals surface area contributed by atoms with Crippen LogP contribution in [-0.2, 0) is 13.1 Å². The molecule has 0 N–H and O–H groups in total. The Morgan fingerprint density at radius 1 is 0.969 bits per heavy atom. The van der Waals surface area contributed by atoms with Crippen molar-refractivity contribution in [1.29, 1.82) is 0 Å². The number of ether oxygens (including phenoxy) is 3. The number of aromatic nitrogens is 2. The summed E-state index contributed by atoms with van der Waals surface area (Å²) in [6, 6.07) is 15.9. The molecule has 6 heteroatoms. The molecule has 1 aromatic heterocycles. The average molecular weight is 438 g/mol. The van der Waals surface area contributed by atoms with Crippen LogP contribution in [-0.4, -0.2) is 48.6 Å². The maximum Gasteiger partial charge on any atom is 0.123 e. The average Bonchev–Trinajstić information content (AvgIpc) is 3.05. The Balaban J connectivity index is 1.50. The number of hydrogen-bond donors (Lipinski definition) is 0. The van der Waals surface area contributed by atoms with Crippen LogP contribution in [0.1, 0.15) is 35.9 Å². The molecule has 0 atom stereocenters. The van der Waals surface area contributed by atoms with Crippen molar-refractivity contribution in [3.8, 4) is 17.2 Å². The second kappa shape index (κ2) is 11.6. The predicted molar refractivity (Wildman–Crippen MR) is 128 cm³/mol. The minimum absolute atomic E-state index is 0.671. The summed E-state index contributed by atoms with van der Waals surface area (Å²) in [5, 5.41) is 4.79. The van der Waals surface area contributed by atoms with E-state index in [0.717, 1.165) is 48.0 Å². The number of nitrogens with zero attached hydrogens (tertiary/aromatic N) is 3. The van der Waals surface area contributed by atoms with Crippen molar-refractivity contribution in [2.45, 2.75) is 40.3 Å². The fourth-order valence-electron chi connectivity index (χ4n) is 3.78. The first-order chi connectivity index (χ1) is 15.5. The number of methoxy groups -OCH3 is 1. The van der Waals surface area contributed by atoms with Gasteiger partial charge in [0.05, 0.1) is 32.6 Å². The van der Waals surface area contributed by atoms with Crippen molar-refractivity contribution in [2.24, 2.45) is 0 Å². The van der Waals surface area contributed by atoms with Gasteiger partial charge in [-0.05, 0) is 64.6 Å². The number of rotatable bonds is 12. The molecule has 0 bridgehead atoms. The normalized spacial score (nSPS) is 11.1. The highest BCUT2D eigenvalue weighted by molar-refractivity contribution is 5.34. The van der Waals surface area contributed by atoms with Crippen LogP contribution in [0.2, 0.25) is 0 Å². The van der Waals surface area contributed by atoms with Crippen LogP contribution >= 0.6 is 0 Å². The van der Waals surface area contributed by atoms with E-state index >= 15 is 0 Å². The molecule has 0 amide bonds. The van der Waals surface area contributed by atoms with Crippen molar-refractivity contribution >= 4 is 0 Å². The molecule has 1 heterocycles. The highest BCUT2D eigenvalue weighted by Crippen LogP contribution is 2.22. The molecular weight excluding hydrogens is 402 g/mol. The maximum absolute atomic E-state index is 5.87. The molecular formula is C26H35N3O3. The molecule has 0 radical (unpaired) electrons. The standard InChI is InChI=1S/C26H35N3O3/c1-6-31-23-12-14-24(15-13-23)32-17-9-16-28(4)19-25-20(2)27-29(21(25)3)18-22-10-7-8-11-26(22)30-5/h7-8,10-15H,6,9,16-19H2,1-5H3. The Morgan fingerprint density at radius 3 is 2.34 bits per heavy atom. The molecule has 0 aliphatic carbocycles. The monoisotopic (exact) mass is 437 g/mol. The highest BCUT2D eigenvalue weighted by atomic mass is 16.5. The van der Waals surface area contributed by atoms with Crippen LogP contribution in [0.4, 0.5) is 0 Å². The first-order valence-electron chi connectivity index (χ1n) is 11.2. The summed E-state index contributed by atoms with van der Waals surface area (Å²) in [6.45, 7) is 10.1. The minimum atomic E-state index is 0.671. The van der Waals surface area contributed by atoms with E-state index in [2.05, 4.69) is 36.5 Å². The van der Waals surface area contributed by atoms with Crippen molar-refractivity contribution in [1.82, 2.24) is 14.7 Å².